The zero-order chi connectivity index (χ0) is 19.9. The van der Waals surface area contributed by atoms with E-state index < -0.39 is 11.8 Å². The van der Waals surface area contributed by atoms with Crippen LogP contribution in [0.1, 0.15) is 27.8 Å². The fourth-order valence-electron chi connectivity index (χ4n) is 2.58. The number of benzene rings is 2. The van der Waals surface area contributed by atoms with Crippen LogP contribution in [0.3, 0.4) is 0 Å². The highest BCUT2D eigenvalue weighted by atomic mass is 32.2. The van der Waals surface area contributed by atoms with Gasteiger partial charge in [-0.1, -0.05) is 30.0 Å². The second-order valence-corrected chi connectivity index (χ2v) is 6.44. The maximum Gasteiger partial charge on any atom is 0.288 e. The first-order valence-corrected chi connectivity index (χ1v) is 9.87. The summed E-state index contributed by atoms with van der Waals surface area (Å²) in [6.07, 6.45) is 3.37. The number of thioether (sulfide) groups is 1. The van der Waals surface area contributed by atoms with Gasteiger partial charge in [-0.25, -0.2) is 4.98 Å². The van der Waals surface area contributed by atoms with E-state index in [1.165, 1.54) is 18.0 Å². The number of aromatic nitrogens is 2. The van der Waals surface area contributed by atoms with Crippen LogP contribution in [-0.4, -0.2) is 34.2 Å². The average Bonchev–Trinajstić information content (AvgIpc) is 3.17. The molecule has 2 amide bonds. The predicted molar refractivity (Wildman–Crippen MR) is 108 cm³/mol. The minimum absolute atomic E-state index is 0.322. The third kappa shape index (κ3) is 4.34. The monoisotopic (exact) mass is 396 g/mol. The minimum Gasteiger partial charge on any atom is -0.494 e. The van der Waals surface area contributed by atoms with Crippen molar-refractivity contribution in [3.8, 4) is 11.4 Å². The van der Waals surface area contributed by atoms with Crippen molar-refractivity contribution in [3.63, 3.8) is 0 Å². The number of carbonyl (C=O) groups excluding carboxylic acids is 2. The smallest absolute Gasteiger partial charge is 0.288 e. The number of ether oxygens (including phenoxy) is 1. The molecular formula is C20H20N4O3S. The quantitative estimate of drug-likeness (QED) is 0.494. The lowest BCUT2D eigenvalue weighted by Gasteiger charge is -2.12. The molecule has 0 bridgehead atoms. The van der Waals surface area contributed by atoms with Gasteiger partial charge in [-0.15, -0.1) is 0 Å². The van der Waals surface area contributed by atoms with Crippen LogP contribution in [0.25, 0.3) is 5.69 Å². The number of hydrogen-bond acceptors (Lipinski definition) is 5. The molecular weight excluding hydrogens is 376 g/mol. The van der Waals surface area contributed by atoms with Crippen LogP contribution in [-0.2, 0) is 0 Å². The fraction of sp³-hybridized carbons (Fsp3) is 0.150. The molecule has 0 unspecified atom stereocenters. The maximum atomic E-state index is 12.6. The van der Waals surface area contributed by atoms with Crippen LogP contribution in [0.2, 0.25) is 0 Å². The van der Waals surface area contributed by atoms with Gasteiger partial charge in [0.05, 0.1) is 12.8 Å². The number of hydrogen-bond donors (Lipinski definition) is 2. The van der Waals surface area contributed by atoms with Gasteiger partial charge in [-0.05, 0) is 49.6 Å². The third-order valence-electron chi connectivity index (χ3n) is 3.88. The molecule has 0 aliphatic rings. The summed E-state index contributed by atoms with van der Waals surface area (Å²) >= 11 is 1.43. The molecule has 144 valence electrons. The lowest BCUT2D eigenvalue weighted by molar-refractivity contribution is 0.0842. The summed E-state index contributed by atoms with van der Waals surface area (Å²) in [6.45, 7) is 2.44. The molecule has 0 spiro atoms. The van der Waals surface area contributed by atoms with E-state index in [2.05, 4.69) is 15.8 Å². The van der Waals surface area contributed by atoms with Gasteiger partial charge in [0, 0.05) is 11.3 Å². The SMILES string of the molecule is CCOc1ccc(C(=O)NNC(=O)c2cnc(SC)n2-c2ccccc2)cc1. The number of rotatable bonds is 6. The van der Waals surface area contributed by atoms with E-state index in [-0.39, 0.29) is 0 Å². The molecule has 0 aliphatic carbocycles. The van der Waals surface area contributed by atoms with Gasteiger partial charge in [0.15, 0.2) is 5.16 Å². The Balaban J connectivity index is 1.72. The molecule has 7 nitrogen and oxygen atoms in total. The summed E-state index contributed by atoms with van der Waals surface area (Å²) in [4.78, 5) is 29.2. The van der Waals surface area contributed by atoms with Crippen LogP contribution in [0.4, 0.5) is 0 Å². The molecule has 1 aromatic heterocycles. The van der Waals surface area contributed by atoms with Crippen molar-refractivity contribution in [2.45, 2.75) is 12.1 Å². The van der Waals surface area contributed by atoms with Gasteiger partial charge < -0.3 is 4.74 Å². The lowest BCUT2D eigenvalue weighted by atomic mass is 10.2. The summed E-state index contributed by atoms with van der Waals surface area (Å²) < 4.78 is 7.09. The number of nitrogens with zero attached hydrogens (tertiary/aromatic N) is 2. The average molecular weight is 396 g/mol. The Labute approximate surface area is 167 Å². The largest absolute Gasteiger partial charge is 0.494 e. The van der Waals surface area contributed by atoms with E-state index in [1.807, 2.05) is 43.5 Å². The van der Waals surface area contributed by atoms with Crippen LogP contribution in [0.15, 0.2) is 66.0 Å². The van der Waals surface area contributed by atoms with E-state index in [0.717, 1.165) is 5.69 Å². The Bertz CT molecular complexity index is 955. The molecule has 0 saturated heterocycles. The number of imidazole rings is 1. The first-order valence-electron chi connectivity index (χ1n) is 8.64. The summed E-state index contributed by atoms with van der Waals surface area (Å²) in [5.41, 5.74) is 6.41. The van der Waals surface area contributed by atoms with Gasteiger partial charge in [0.2, 0.25) is 0 Å². The Morgan fingerprint density at radius 1 is 1.04 bits per heavy atom. The van der Waals surface area contributed by atoms with Crippen molar-refractivity contribution in [2.24, 2.45) is 0 Å². The van der Waals surface area contributed by atoms with Crippen molar-refractivity contribution in [1.29, 1.82) is 0 Å². The van der Waals surface area contributed by atoms with Gasteiger partial charge in [-0.2, -0.15) is 0 Å². The molecule has 2 aromatic carbocycles. The number of nitrogens with one attached hydrogen (secondary N) is 2. The first kappa shape index (κ1) is 19.5. The van der Waals surface area contributed by atoms with E-state index >= 15 is 0 Å². The third-order valence-corrected chi connectivity index (χ3v) is 4.53. The molecule has 2 N–H and O–H groups in total. The van der Waals surface area contributed by atoms with Crippen molar-refractivity contribution in [2.75, 3.05) is 12.9 Å². The predicted octanol–water partition coefficient (Wildman–Crippen LogP) is 3.07. The van der Waals surface area contributed by atoms with E-state index in [0.29, 0.717) is 28.8 Å². The summed E-state index contributed by atoms with van der Waals surface area (Å²) in [5.74, 6) is -0.206. The second kappa shape index (κ2) is 9.09. The topological polar surface area (TPSA) is 85.2 Å². The van der Waals surface area contributed by atoms with Gasteiger partial charge in [0.1, 0.15) is 11.4 Å². The standard InChI is InChI=1S/C20H20N4O3S/c1-3-27-16-11-9-14(10-12-16)18(25)22-23-19(26)17-13-21-20(28-2)24(17)15-7-5-4-6-8-15/h4-13H,3H2,1-2H3,(H,22,25)(H,23,26). The van der Waals surface area contributed by atoms with Crippen molar-refractivity contribution >= 4 is 23.6 Å². The Morgan fingerprint density at radius 3 is 2.36 bits per heavy atom. The highest BCUT2D eigenvalue weighted by Gasteiger charge is 2.18. The van der Waals surface area contributed by atoms with Gasteiger partial charge in [0.25, 0.3) is 11.8 Å². The molecule has 1 heterocycles. The van der Waals surface area contributed by atoms with Crippen molar-refractivity contribution in [3.05, 3.63) is 72.1 Å². The Hall–Kier alpha value is -3.26. The number of para-hydroxylation sites is 1. The molecule has 0 atom stereocenters. The van der Waals surface area contributed by atoms with Crippen LogP contribution in [0, 0.1) is 0 Å². The zero-order valence-corrected chi connectivity index (χ0v) is 16.3. The Morgan fingerprint density at radius 2 is 1.71 bits per heavy atom. The molecule has 28 heavy (non-hydrogen) atoms. The molecule has 0 radical (unpaired) electrons. The minimum atomic E-state index is -0.462. The molecule has 0 saturated carbocycles. The molecule has 0 fully saturated rings. The number of carbonyl (C=O) groups is 2. The van der Waals surface area contributed by atoms with Crippen LogP contribution >= 0.6 is 11.8 Å². The van der Waals surface area contributed by atoms with Crippen LogP contribution in [0.5, 0.6) is 5.75 Å². The highest BCUT2D eigenvalue weighted by Crippen LogP contribution is 2.21. The van der Waals surface area contributed by atoms with E-state index in [4.69, 9.17) is 4.74 Å². The van der Waals surface area contributed by atoms with Crippen molar-refractivity contribution in [1.82, 2.24) is 20.4 Å². The highest BCUT2D eigenvalue weighted by molar-refractivity contribution is 7.98. The van der Waals surface area contributed by atoms with Gasteiger partial charge >= 0.3 is 0 Å². The summed E-state index contributed by atoms with van der Waals surface area (Å²) in [5, 5.41) is 0.675. The number of amides is 2. The second-order valence-electron chi connectivity index (χ2n) is 5.67. The van der Waals surface area contributed by atoms with E-state index in [9.17, 15) is 9.59 Å². The fourth-order valence-corrected chi connectivity index (χ4v) is 3.13. The summed E-state index contributed by atoms with van der Waals surface area (Å²) in [6, 6.07) is 16.1. The first-order chi connectivity index (χ1) is 13.6. The molecule has 8 heteroatoms. The molecule has 3 aromatic rings. The Kier molecular flexibility index (Phi) is 6.33. The molecule has 3 rings (SSSR count). The zero-order valence-electron chi connectivity index (χ0n) is 15.5. The molecule has 0 aliphatic heterocycles. The lowest BCUT2D eigenvalue weighted by Crippen LogP contribution is -2.42. The summed E-state index contributed by atoms with van der Waals surface area (Å²) in [7, 11) is 0. The maximum absolute atomic E-state index is 12.6. The number of hydrazine groups is 1. The van der Waals surface area contributed by atoms with Crippen molar-refractivity contribution < 1.29 is 14.3 Å². The van der Waals surface area contributed by atoms with Crippen LogP contribution < -0.4 is 15.6 Å². The normalized spacial score (nSPS) is 10.4. The van der Waals surface area contributed by atoms with Gasteiger partial charge in [-0.3, -0.25) is 25.0 Å². The van der Waals surface area contributed by atoms with E-state index in [1.54, 1.807) is 28.8 Å².